The Morgan fingerprint density at radius 2 is 1.17 bits per heavy atom. The van der Waals surface area contributed by atoms with Crippen LogP contribution in [0.3, 0.4) is 0 Å². The van der Waals surface area contributed by atoms with Gasteiger partial charge in [-0.05, 0) is 6.92 Å². The van der Waals surface area contributed by atoms with E-state index in [1.54, 1.807) is 6.92 Å². The van der Waals surface area contributed by atoms with Gasteiger partial charge in [0.15, 0.2) is 5.92 Å². The molecule has 0 heterocycles. The third-order valence-corrected chi connectivity index (χ3v) is 10.8. The van der Waals surface area contributed by atoms with Crippen LogP contribution in [0.15, 0.2) is 121 Å². The molecule has 0 aliphatic carbocycles. The van der Waals surface area contributed by atoms with Gasteiger partial charge in [0, 0.05) is 0 Å². The van der Waals surface area contributed by atoms with Gasteiger partial charge in [0.05, 0.1) is 12.7 Å². The molecular weight excluding hydrogens is 465 g/mol. The predicted octanol–water partition coefficient (Wildman–Crippen LogP) is 4.80. The SMILES string of the molecule is CCOC(=O)C(C#N)C=O.c1ccc(C[PH](c2ccccc2)(c2ccccc2)c2ccccc2)cc1. The Hall–Kier alpha value is -4.06. The van der Waals surface area contributed by atoms with Gasteiger partial charge in [-0.15, -0.1) is 0 Å². The minimum absolute atomic E-state index is 0.185. The first-order valence-electron chi connectivity index (χ1n) is 11.9. The molecule has 36 heavy (non-hydrogen) atoms. The van der Waals surface area contributed by atoms with Crippen molar-refractivity contribution >= 4 is 35.4 Å². The van der Waals surface area contributed by atoms with Crippen LogP contribution in [-0.4, -0.2) is 18.9 Å². The van der Waals surface area contributed by atoms with Gasteiger partial charge in [-0.2, -0.15) is 5.26 Å². The standard InChI is InChI=1S/C25H23P.C6H7NO3/c1-5-13-22(14-6-1)21-26(23-15-7-2-8-16-23,24-17-9-3-10-18-24)25-19-11-4-12-20-25;1-2-10-6(9)5(3-7)4-8/h1-20,26H,21H2;4-5H,2H2,1H3. The fraction of sp³-hybridized carbons (Fsp3) is 0.129. The average molecular weight is 496 g/mol. The van der Waals surface area contributed by atoms with Crippen LogP contribution in [0.25, 0.3) is 0 Å². The van der Waals surface area contributed by atoms with E-state index in [0.29, 0.717) is 0 Å². The molecule has 0 saturated heterocycles. The molecule has 5 heteroatoms. The molecule has 4 aromatic carbocycles. The van der Waals surface area contributed by atoms with Crippen LogP contribution in [0, 0.1) is 17.2 Å². The number of nitrogens with zero attached hydrogens (tertiary/aromatic N) is 1. The summed E-state index contributed by atoms with van der Waals surface area (Å²) in [4.78, 5) is 20.5. The van der Waals surface area contributed by atoms with Crippen LogP contribution >= 0.6 is 7.26 Å². The first-order valence-corrected chi connectivity index (χ1v) is 14.1. The van der Waals surface area contributed by atoms with Gasteiger partial charge in [0.2, 0.25) is 0 Å². The number of carbonyl (C=O) groups is 2. The molecule has 0 aliphatic rings. The van der Waals surface area contributed by atoms with Crippen LogP contribution in [0.2, 0.25) is 0 Å². The van der Waals surface area contributed by atoms with E-state index in [1.165, 1.54) is 27.5 Å². The number of esters is 1. The molecule has 0 aromatic heterocycles. The Labute approximate surface area is 213 Å². The number of rotatable bonds is 8. The monoisotopic (exact) mass is 495 g/mol. The molecule has 1 unspecified atom stereocenters. The van der Waals surface area contributed by atoms with Gasteiger partial charge in [0.1, 0.15) is 6.29 Å². The average Bonchev–Trinajstić information content (AvgIpc) is 2.95. The zero-order chi connectivity index (χ0) is 25.6. The van der Waals surface area contributed by atoms with Crippen molar-refractivity contribution in [3.05, 3.63) is 127 Å². The fourth-order valence-electron chi connectivity index (χ4n) is 4.25. The van der Waals surface area contributed by atoms with Gasteiger partial charge in [-0.3, -0.25) is 4.79 Å². The molecular formula is C31H30NO3P. The Morgan fingerprint density at radius 1 is 0.778 bits per heavy atom. The van der Waals surface area contributed by atoms with Crippen molar-refractivity contribution in [3.8, 4) is 6.07 Å². The van der Waals surface area contributed by atoms with Gasteiger partial charge in [-0.25, -0.2) is 0 Å². The molecule has 0 fully saturated rings. The Kier molecular flexibility index (Phi) is 10.1. The molecule has 0 N–H and O–H groups in total. The molecule has 0 bridgehead atoms. The van der Waals surface area contributed by atoms with E-state index in [-0.39, 0.29) is 12.9 Å². The number of ether oxygens (including phenoxy) is 1. The second kappa shape index (κ2) is 13.7. The summed E-state index contributed by atoms with van der Waals surface area (Å²) in [6.07, 6.45) is 1.32. The van der Waals surface area contributed by atoms with E-state index < -0.39 is 19.1 Å². The van der Waals surface area contributed by atoms with Crippen molar-refractivity contribution < 1.29 is 14.3 Å². The zero-order valence-electron chi connectivity index (χ0n) is 20.3. The summed E-state index contributed by atoms with van der Waals surface area (Å²) in [6, 6.07) is 45.7. The van der Waals surface area contributed by atoms with E-state index in [2.05, 4.69) is 126 Å². The Balaban J connectivity index is 0.000000308. The molecule has 0 amide bonds. The van der Waals surface area contributed by atoms with E-state index in [1.807, 2.05) is 0 Å². The molecule has 4 aromatic rings. The predicted molar refractivity (Wildman–Crippen MR) is 148 cm³/mol. The van der Waals surface area contributed by atoms with Gasteiger partial charge >= 0.3 is 162 Å². The number of hydrogen-bond donors (Lipinski definition) is 0. The summed E-state index contributed by atoms with van der Waals surface area (Å²) in [7, 11) is -2.16. The summed E-state index contributed by atoms with van der Waals surface area (Å²) in [5.74, 6) is -2.04. The molecule has 0 aliphatic heterocycles. The minimum atomic E-state index is -2.16. The van der Waals surface area contributed by atoms with E-state index in [4.69, 9.17) is 5.26 Å². The number of benzene rings is 4. The van der Waals surface area contributed by atoms with Crippen LogP contribution in [0.5, 0.6) is 0 Å². The molecule has 4 nitrogen and oxygen atoms in total. The van der Waals surface area contributed by atoms with Crippen LogP contribution in [-0.2, 0) is 20.5 Å². The van der Waals surface area contributed by atoms with E-state index in [0.717, 1.165) is 6.16 Å². The summed E-state index contributed by atoms with van der Waals surface area (Å²) in [5.41, 5.74) is 1.40. The Morgan fingerprint density at radius 3 is 1.50 bits per heavy atom. The Bertz CT molecular complexity index is 1160. The van der Waals surface area contributed by atoms with Crippen LogP contribution < -0.4 is 15.9 Å². The molecule has 1 atom stereocenters. The zero-order valence-corrected chi connectivity index (χ0v) is 21.3. The maximum atomic E-state index is 10.5. The number of hydrogen-bond acceptors (Lipinski definition) is 4. The van der Waals surface area contributed by atoms with Crippen LogP contribution in [0.4, 0.5) is 0 Å². The third-order valence-electron chi connectivity index (χ3n) is 5.93. The molecule has 4 rings (SSSR count). The molecule has 0 saturated carbocycles. The summed E-state index contributed by atoms with van der Waals surface area (Å²) in [5, 5.41) is 12.5. The van der Waals surface area contributed by atoms with Crippen molar-refractivity contribution in [2.24, 2.45) is 5.92 Å². The van der Waals surface area contributed by atoms with Crippen molar-refractivity contribution in [2.45, 2.75) is 13.1 Å². The fourth-order valence-corrected chi connectivity index (χ4v) is 8.99. The van der Waals surface area contributed by atoms with Crippen LogP contribution in [0.1, 0.15) is 12.5 Å². The van der Waals surface area contributed by atoms with Crippen molar-refractivity contribution in [2.75, 3.05) is 6.61 Å². The van der Waals surface area contributed by atoms with E-state index in [9.17, 15) is 9.59 Å². The quantitative estimate of drug-likeness (QED) is 0.152. The third kappa shape index (κ3) is 6.54. The van der Waals surface area contributed by atoms with Crippen molar-refractivity contribution in [1.29, 1.82) is 5.26 Å². The topological polar surface area (TPSA) is 67.2 Å². The van der Waals surface area contributed by atoms with Crippen molar-refractivity contribution in [1.82, 2.24) is 0 Å². The normalized spacial score (nSPS) is 11.7. The second-order valence-corrected chi connectivity index (χ2v) is 12.1. The van der Waals surface area contributed by atoms with Gasteiger partial charge in [0.25, 0.3) is 0 Å². The van der Waals surface area contributed by atoms with Crippen molar-refractivity contribution in [3.63, 3.8) is 0 Å². The summed E-state index contributed by atoms with van der Waals surface area (Å²) in [6.45, 7) is 1.79. The maximum absolute atomic E-state index is 10.5. The summed E-state index contributed by atoms with van der Waals surface area (Å²) < 4.78 is 4.39. The van der Waals surface area contributed by atoms with E-state index >= 15 is 0 Å². The molecule has 182 valence electrons. The second-order valence-electron chi connectivity index (χ2n) is 8.16. The molecule has 0 radical (unpaired) electrons. The number of carbonyl (C=O) groups excluding carboxylic acids is 2. The number of aldehydes is 1. The van der Waals surface area contributed by atoms with Gasteiger partial charge in [-0.1, -0.05) is 0 Å². The summed E-state index contributed by atoms with van der Waals surface area (Å²) >= 11 is 0. The number of nitriles is 1. The first-order chi connectivity index (χ1) is 17.7. The molecule has 0 spiro atoms. The first kappa shape index (κ1) is 26.5. The van der Waals surface area contributed by atoms with Gasteiger partial charge < -0.3 is 9.53 Å².